The molecule has 1 aliphatic carbocycles. The lowest BCUT2D eigenvalue weighted by Gasteiger charge is -2.40. The Hall–Kier alpha value is -2.87. The lowest BCUT2D eigenvalue weighted by Crippen LogP contribution is -2.38. The van der Waals surface area contributed by atoms with Gasteiger partial charge in [-0.2, -0.15) is 5.10 Å². The molecule has 35 heavy (non-hydrogen) atoms. The van der Waals surface area contributed by atoms with Crippen LogP contribution in [-0.4, -0.2) is 49.5 Å². The van der Waals surface area contributed by atoms with E-state index in [0.717, 1.165) is 47.5 Å². The normalized spacial score (nSPS) is 23.4. The van der Waals surface area contributed by atoms with Gasteiger partial charge in [-0.3, -0.25) is 0 Å². The topological polar surface area (TPSA) is 113 Å². The van der Waals surface area contributed by atoms with Crippen LogP contribution in [0.2, 0.25) is 0 Å². The summed E-state index contributed by atoms with van der Waals surface area (Å²) in [5.41, 5.74) is 8.50. The van der Waals surface area contributed by atoms with E-state index >= 15 is 0 Å². The number of amides is 1. The van der Waals surface area contributed by atoms with Gasteiger partial charge in [0.05, 0.1) is 18.3 Å². The van der Waals surface area contributed by atoms with Crippen molar-refractivity contribution in [2.24, 2.45) is 16.6 Å². The van der Waals surface area contributed by atoms with Crippen molar-refractivity contribution in [2.75, 3.05) is 13.2 Å². The SMILES string of the molecule is Cc1cc2ncnn2cc1C#CC1=C(OC(N)=O)[SH](C(C)(C)C)C(C2CCC3(CC2)OCCO3)=N1. The van der Waals surface area contributed by atoms with Crippen LogP contribution in [0.5, 0.6) is 0 Å². The van der Waals surface area contributed by atoms with Crippen molar-refractivity contribution in [3.63, 3.8) is 0 Å². The minimum atomic E-state index is -1.05. The molecule has 3 aliphatic rings. The Morgan fingerprint density at radius 3 is 2.63 bits per heavy atom. The Kier molecular flexibility index (Phi) is 6.11. The van der Waals surface area contributed by atoms with Crippen molar-refractivity contribution in [1.29, 1.82) is 0 Å². The summed E-state index contributed by atoms with van der Waals surface area (Å²) in [6.45, 7) is 9.71. The predicted octanol–water partition coefficient (Wildman–Crippen LogP) is 3.80. The van der Waals surface area contributed by atoms with Gasteiger partial charge in [0, 0.05) is 35.3 Å². The first kappa shape index (κ1) is 23.9. The standard InChI is InChI=1S/C25H31N5O4S/c1-16-13-20-27-15-28-30(20)14-18(16)5-6-19-22(34-23(26)31)35(24(2,3)4)21(29-19)17-7-9-25(10-8-17)32-11-12-33-25/h13-15,17,35H,7-12H2,1-4H3,(H2,26,31). The van der Waals surface area contributed by atoms with E-state index in [1.807, 2.05) is 19.2 Å². The monoisotopic (exact) mass is 497 g/mol. The van der Waals surface area contributed by atoms with Gasteiger partial charge in [0.15, 0.2) is 22.2 Å². The van der Waals surface area contributed by atoms with Gasteiger partial charge in [-0.25, -0.2) is 19.3 Å². The molecule has 5 rings (SSSR count). The molecule has 186 valence electrons. The molecule has 0 bridgehead atoms. The predicted molar refractivity (Wildman–Crippen MR) is 135 cm³/mol. The number of carbonyl (C=O) groups excluding carboxylic acids is 1. The van der Waals surface area contributed by atoms with Gasteiger partial charge in [0.2, 0.25) is 0 Å². The molecule has 0 aromatic carbocycles. The maximum atomic E-state index is 11.9. The number of nitrogens with zero attached hydrogens (tertiary/aromatic N) is 4. The minimum Gasteiger partial charge on any atom is -0.402 e. The van der Waals surface area contributed by atoms with Gasteiger partial charge in [-0.05, 0) is 37.3 Å². The molecule has 4 heterocycles. The first-order chi connectivity index (χ1) is 16.7. The van der Waals surface area contributed by atoms with Crippen LogP contribution in [-0.2, 0) is 14.2 Å². The Balaban J connectivity index is 1.51. The van der Waals surface area contributed by atoms with Crippen LogP contribution in [0, 0.1) is 24.7 Å². The first-order valence-corrected chi connectivity index (χ1v) is 13.2. The average molecular weight is 498 g/mol. The van der Waals surface area contributed by atoms with E-state index in [1.54, 1.807) is 4.52 Å². The van der Waals surface area contributed by atoms with Crippen LogP contribution < -0.4 is 5.73 Å². The third-order valence-corrected chi connectivity index (χ3v) is 9.57. The largest absolute Gasteiger partial charge is 0.410 e. The van der Waals surface area contributed by atoms with E-state index in [0.29, 0.717) is 24.0 Å². The lowest BCUT2D eigenvalue weighted by atomic mass is 9.85. The molecule has 1 saturated heterocycles. The number of primary amides is 1. The molecule has 1 amide bonds. The highest BCUT2D eigenvalue weighted by Crippen LogP contribution is 2.57. The highest BCUT2D eigenvalue weighted by Gasteiger charge is 2.46. The highest BCUT2D eigenvalue weighted by atomic mass is 32.2. The van der Waals surface area contributed by atoms with E-state index in [2.05, 4.69) is 42.7 Å². The summed E-state index contributed by atoms with van der Waals surface area (Å²) in [5.74, 6) is 6.20. The Labute approximate surface area is 207 Å². The van der Waals surface area contributed by atoms with Crippen molar-refractivity contribution in [3.8, 4) is 11.8 Å². The van der Waals surface area contributed by atoms with Gasteiger partial charge in [0.1, 0.15) is 6.33 Å². The third kappa shape index (κ3) is 4.68. The molecule has 2 fully saturated rings. The van der Waals surface area contributed by atoms with Gasteiger partial charge in [-0.1, -0.05) is 26.7 Å². The fraction of sp³-hybridized carbons (Fsp3) is 0.520. The zero-order valence-corrected chi connectivity index (χ0v) is 21.4. The number of hydrogen-bond donors (Lipinski definition) is 2. The lowest BCUT2D eigenvalue weighted by molar-refractivity contribution is -0.179. The zero-order valence-electron chi connectivity index (χ0n) is 20.5. The van der Waals surface area contributed by atoms with Crippen LogP contribution in [0.25, 0.3) is 5.65 Å². The number of allylic oxidation sites excluding steroid dienone is 1. The molecule has 1 saturated carbocycles. The number of ether oxygens (including phenoxy) is 3. The molecule has 2 aromatic heterocycles. The summed E-state index contributed by atoms with van der Waals surface area (Å²) >= 11 is 0. The smallest absolute Gasteiger partial charge is 0.402 e. The van der Waals surface area contributed by atoms with Crippen molar-refractivity contribution < 1.29 is 19.0 Å². The fourth-order valence-electron chi connectivity index (χ4n) is 4.93. The molecule has 10 heteroatoms. The Morgan fingerprint density at radius 1 is 1.26 bits per heavy atom. The Bertz CT molecular complexity index is 1280. The molecule has 1 unspecified atom stereocenters. The van der Waals surface area contributed by atoms with Crippen LogP contribution in [0.4, 0.5) is 4.79 Å². The zero-order chi connectivity index (χ0) is 24.8. The second kappa shape index (κ2) is 8.97. The van der Waals surface area contributed by atoms with Crippen molar-refractivity contribution >= 4 is 27.7 Å². The summed E-state index contributed by atoms with van der Waals surface area (Å²) in [7, 11) is -1.05. The number of aromatic nitrogens is 3. The summed E-state index contributed by atoms with van der Waals surface area (Å²) in [4.78, 5) is 21.1. The van der Waals surface area contributed by atoms with Crippen LogP contribution in [0.1, 0.15) is 57.6 Å². The third-order valence-electron chi connectivity index (χ3n) is 6.59. The molecule has 2 N–H and O–H groups in total. The number of aryl methyl sites for hydroxylation is 1. The molecule has 2 aliphatic heterocycles. The van der Waals surface area contributed by atoms with E-state index in [1.165, 1.54) is 6.33 Å². The highest BCUT2D eigenvalue weighted by molar-refractivity contribution is 8.34. The molecular weight excluding hydrogens is 466 g/mol. The molecule has 1 atom stereocenters. The van der Waals surface area contributed by atoms with Gasteiger partial charge >= 0.3 is 6.09 Å². The number of thiol groups is 1. The summed E-state index contributed by atoms with van der Waals surface area (Å²) < 4.78 is 18.9. The Morgan fingerprint density at radius 2 is 1.97 bits per heavy atom. The number of aliphatic imine (C=N–C) groups is 1. The van der Waals surface area contributed by atoms with E-state index in [9.17, 15) is 4.79 Å². The van der Waals surface area contributed by atoms with E-state index < -0.39 is 22.8 Å². The quantitative estimate of drug-likeness (QED) is 0.482. The summed E-state index contributed by atoms with van der Waals surface area (Å²) in [5, 5.41) is 5.75. The molecule has 2 aromatic rings. The van der Waals surface area contributed by atoms with E-state index in [4.69, 9.17) is 24.9 Å². The maximum Gasteiger partial charge on any atom is 0.410 e. The first-order valence-electron chi connectivity index (χ1n) is 11.9. The molecule has 0 radical (unpaired) electrons. The minimum absolute atomic E-state index is 0.187. The number of hydrogen-bond acceptors (Lipinski definition) is 7. The number of pyridine rings is 1. The number of rotatable bonds is 2. The molecule has 9 nitrogen and oxygen atoms in total. The second-order valence-corrected chi connectivity index (χ2v) is 13.0. The average Bonchev–Trinajstić information content (AvgIpc) is 3.51. The number of fused-ring (bicyclic) bond motifs is 1. The number of carbonyl (C=O) groups is 1. The van der Waals surface area contributed by atoms with Gasteiger partial charge < -0.3 is 19.9 Å². The van der Waals surface area contributed by atoms with Crippen molar-refractivity contribution in [2.45, 2.75) is 63.9 Å². The van der Waals surface area contributed by atoms with Crippen molar-refractivity contribution in [3.05, 3.63) is 40.5 Å². The van der Waals surface area contributed by atoms with E-state index in [-0.39, 0.29) is 10.7 Å². The summed E-state index contributed by atoms with van der Waals surface area (Å²) in [6.07, 6.45) is 5.97. The molecular formula is C25H31N5O4S. The molecule has 1 spiro atoms. The summed E-state index contributed by atoms with van der Waals surface area (Å²) in [6, 6.07) is 1.93. The fourth-order valence-corrected chi connectivity index (χ4v) is 7.76. The van der Waals surface area contributed by atoms with Crippen molar-refractivity contribution in [1.82, 2.24) is 14.6 Å². The maximum absolute atomic E-state index is 11.9. The van der Waals surface area contributed by atoms with Crippen LogP contribution >= 0.6 is 10.9 Å². The van der Waals surface area contributed by atoms with Gasteiger partial charge in [-0.15, -0.1) is 10.9 Å². The second-order valence-electron chi connectivity index (χ2n) is 10.1. The van der Waals surface area contributed by atoms with Gasteiger partial charge in [0.25, 0.3) is 0 Å². The van der Waals surface area contributed by atoms with Crippen LogP contribution in [0.3, 0.4) is 0 Å². The number of nitrogens with two attached hydrogens (primary N) is 1. The van der Waals surface area contributed by atoms with Crippen LogP contribution in [0.15, 0.2) is 34.4 Å².